The zero-order chi connectivity index (χ0) is 20.5. The molecule has 0 amide bonds. The third-order valence-corrected chi connectivity index (χ3v) is 5.23. The number of benzene rings is 2. The van der Waals surface area contributed by atoms with Gasteiger partial charge in [0.25, 0.3) is 0 Å². The first-order chi connectivity index (χ1) is 14.2. The van der Waals surface area contributed by atoms with Crippen LogP contribution in [0.4, 0.5) is 0 Å². The Balaban J connectivity index is 0.000000166. The van der Waals surface area contributed by atoms with Gasteiger partial charge in [0.05, 0.1) is 0 Å². The van der Waals surface area contributed by atoms with Crippen molar-refractivity contribution in [3.63, 3.8) is 0 Å². The van der Waals surface area contributed by atoms with E-state index < -0.39 is 0 Å². The molecule has 29 heavy (non-hydrogen) atoms. The molecule has 0 bridgehead atoms. The fraction of sp³-hybridized carbons (Fsp3) is 0.333. The lowest BCUT2D eigenvalue weighted by Gasteiger charge is -2.03. The molecule has 0 aliphatic heterocycles. The van der Waals surface area contributed by atoms with Crippen LogP contribution in [-0.4, -0.2) is 4.98 Å². The van der Waals surface area contributed by atoms with E-state index in [1.807, 2.05) is 6.20 Å². The number of fused-ring (bicyclic) bond motifs is 2. The Labute approximate surface area is 175 Å². The van der Waals surface area contributed by atoms with Crippen LogP contribution >= 0.6 is 0 Å². The summed E-state index contributed by atoms with van der Waals surface area (Å²) in [6.07, 6.45) is 11.1. The zero-order valence-electron chi connectivity index (χ0n) is 18.0. The highest BCUT2D eigenvalue weighted by Gasteiger charge is 2.04. The van der Waals surface area contributed by atoms with Crippen LogP contribution in [0.2, 0.25) is 0 Å². The lowest BCUT2D eigenvalue weighted by Crippen LogP contribution is -2.33. The van der Waals surface area contributed by atoms with E-state index >= 15 is 0 Å². The van der Waals surface area contributed by atoms with Gasteiger partial charge >= 0.3 is 0 Å². The maximum atomic E-state index is 4.44. The molecule has 0 saturated carbocycles. The van der Waals surface area contributed by atoms with E-state index in [0.717, 1.165) is 18.9 Å². The van der Waals surface area contributed by atoms with Gasteiger partial charge in [-0.05, 0) is 41.7 Å². The van der Waals surface area contributed by atoms with Gasteiger partial charge in [0.15, 0.2) is 12.4 Å². The molecule has 150 valence electrons. The molecule has 0 saturated heterocycles. The van der Waals surface area contributed by atoms with Crippen molar-refractivity contribution in [2.45, 2.75) is 53.0 Å². The lowest BCUT2D eigenvalue weighted by atomic mass is 10.1. The van der Waals surface area contributed by atoms with Gasteiger partial charge in [-0.15, -0.1) is 0 Å². The fourth-order valence-corrected chi connectivity index (χ4v) is 3.45. The van der Waals surface area contributed by atoms with Gasteiger partial charge < -0.3 is 0 Å². The monoisotopic (exact) mass is 385 g/mol. The van der Waals surface area contributed by atoms with E-state index in [1.54, 1.807) is 0 Å². The second-order valence-corrected chi connectivity index (χ2v) is 8.08. The average Bonchev–Trinajstić information content (AvgIpc) is 2.76. The molecule has 0 N–H and O–H groups in total. The summed E-state index contributed by atoms with van der Waals surface area (Å²) >= 11 is 0. The Morgan fingerprint density at radius 2 is 1.59 bits per heavy atom. The predicted octanol–water partition coefficient (Wildman–Crippen LogP) is 6.75. The van der Waals surface area contributed by atoms with Crippen molar-refractivity contribution in [1.82, 2.24) is 4.98 Å². The van der Waals surface area contributed by atoms with Crippen LogP contribution in [0, 0.1) is 5.92 Å². The fourth-order valence-electron chi connectivity index (χ4n) is 3.45. The molecular weight excluding hydrogens is 352 g/mol. The third kappa shape index (κ3) is 6.12. The predicted molar refractivity (Wildman–Crippen MR) is 124 cm³/mol. The second-order valence-electron chi connectivity index (χ2n) is 8.08. The van der Waals surface area contributed by atoms with E-state index in [1.165, 1.54) is 46.5 Å². The minimum atomic E-state index is 0.768. The number of hydrogen-bond acceptors (Lipinski definition) is 1. The van der Waals surface area contributed by atoms with E-state index in [9.17, 15) is 0 Å². The molecular formula is C27H33N2+. The van der Waals surface area contributed by atoms with E-state index in [0.29, 0.717) is 0 Å². The Hall–Kier alpha value is -2.74. The van der Waals surface area contributed by atoms with Crippen LogP contribution in [0.1, 0.15) is 45.7 Å². The molecule has 2 aromatic heterocycles. The highest BCUT2D eigenvalue weighted by atomic mass is 14.9. The number of aryl methyl sites for hydroxylation is 2. The summed E-state index contributed by atoms with van der Waals surface area (Å²) in [6, 6.07) is 21.2. The maximum absolute atomic E-state index is 4.44. The molecule has 2 heteroatoms. The molecule has 4 aromatic rings. The normalized spacial score (nSPS) is 10.9. The zero-order valence-corrected chi connectivity index (χ0v) is 18.0. The molecule has 0 spiro atoms. The van der Waals surface area contributed by atoms with Crippen molar-refractivity contribution in [2.24, 2.45) is 5.92 Å². The summed E-state index contributed by atoms with van der Waals surface area (Å²) in [5, 5.41) is 5.25. The second kappa shape index (κ2) is 10.7. The number of rotatable bonds is 6. The molecule has 2 heterocycles. The molecule has 0 radical (unpaired) electrons. The van der Waals surface area contributed by atoms with Crippen LogP contribution in [0.25, 0.3) is 21.5 Å². The Morgan fingerprint density at radius 1 is 0.862 bits per heavy atom. The molecule has 0 fully saturated rings. The minimum Gasteiger partial charge on any atom is -0.261 e. The van der Waals surface area contributed by atoms with E-state index in [-0.39, 0.29) is 0 Å². The first-order valence-electron chi connectivity index (χ1n) is 10.9. The number of nitrogens with zero attached hydrogens (tertiary/aromatic N) is 2. The molecule has 0 atom stereocenters. The SMILES string of the molecule is CC(C)CC[n+]1ccc2ccccc2c1.CCCCc1nccc2ccccc12. The van der Waals surface area contributed by atoms with E-state index in [2.05, 4.69) is 103 Å². The van der Waals surface area contributed by atoms with Crippen molar-refractivity contribution < 1.29 is 4.57 Å². The number of unbranched alkanes of at least 4 members (excludes halogenated alkanes) is 1. The maximum Gasteiger partial charge on any atom is 0.176 e. The topological polar surface area (TPSA) is 16.8 Å². The van der Waals surface area contributed by atoms with Crippen LogP contribution in [0.5, 0.6) is 0 Å². The van der Waals surface area contributed by atoms with Gasteiger partial charge in [0.1, 0.15) is 6.54 Å². The van der Waals surface area contributed by atoms with Gasteiger partial charge in [-0.25, -0.2) is 4.57 Å². The third-order valence-electron chi connectivity index (χ3n) is 5.23. The highest BCUT2D eigenvalue weighted by Crippen LogP contribution is 2.17. The van der Waals surface area contributed by atoms with Gasteiger partial charge in [0, 0.05) is 35.2 Å². The van der Waals surface area contributed by atoms with Gasteiger partial charge in [-0.3, -0.25) is 4.98 Å². The van der Waals surface area contributed by atoms with Crippen LogP contribution in [0.3, 0.4) is 0 Å². The number of aromatic nitrogens is 2. The smallest absolute Gasteiger partial charge is 0.176 e. The van der Waals surface area contributed by atoms with Crippen molar-refractivity contribution in [1.29, 1.82) is 0 Å². The molecule has 0 aliphatic rings. The summed E-state index contributed by atoms with van der Waals surface area (Å²) in [5.74, 6) is 0.768. The van der Waals surface area contributed by atoms with Gasteiger partial charge in [0.2, 0.25) is 0 Å². The Kier molecular flexibility index (Phi) is 7.75. The first kappa shape index (κ1) is 21.0. The summed E-state index contributed by atoms with van der Waals surface area (Å²) < 4.78 is 2.28. The largest absolute Gasteiger partial charge is 0.261 e. The highest BCUT2D eigenvalue weighted by molar-refractivity contribution is 5.84. The van der Waals surface area contributed by atoms with Crippen LogP contribution in [-0.2, 0) is 13.0 Å². The first-order valence-corrected chi connectivity index (χ1v) is 10.9. The van der Waals surface area contributed by atoms with Crippen molar-refractivity contribution in [2.75, 3.05) is 0 Å². The Morgan fingerprint density at radius 3 is 2.34 bits per heavy atom. The Bertz CT molecular complexity index is 1030. The quantitative estimate of drug-likeness (QED) is 0.335. The average molecular weight is 386 g/mol. The lowest BCUT2D eigenvalue weighted by molar-refractivity contribution is -0.696. The molecule has 0 aliphatic carbocycles. The minimum absolute atomic E-state index is 0.768. The summed E-state index contributed by atoms with van der Waals surface area (Å²) in [7, 11) is 0. The summed E-state index contributed by atoms with van der Waals surface area (Å²) in [5.41, 5.74) is 1.24. The molecule has 4 rings (SSSR count). The summed E-state index contributed by atoms with van der Waals surface area (Å²) in [6.45, 7) is 7.86. The number of hydrogen-bond donors (Lipinski definition) is 0. The van der Waals surface area contributed by atoms with E-state index in [4.69, 9.17) is 0 Å². The summed E-state index contributed by atoms with van der Waals surface area (Å²) in [4.78, 5) is 4.44. The standard InChI is InChI=1S/C14H18N.C13H15N/c1-12(2)7-9-15-10-8-13-5-3-4-6-14(13)11-15;1-2-3-8-13-12-7-5-4-6-11(12)9-10-14-13/h3-6,8,10-12H,7,9H2,1-2H3;4-7,9-10H,2-3,8H2,1H3/q+1;. The number of pyridine rings is 2. The molecule has 2 aromatic carbocycles. The van der Waals surface area contributed by atoms with Gasteiger partial charge in [-0.2, -0.15) is 0 Å². The van der Waals surface area contributed by atoms with Gasteiger partial charge in [-0.1, -0.05) is 69.7 Å². The van der Waals surface area contributed by atoms with Crippen molar-refractivity contribution >= 4 is 21.5 Å². The van der Waals surface area contributed by atoms with Crippen molar-refractivity contribution in [3.8, 4) is 0 Å². The molecule has 2 nitrogen and oxygen atoms in total. The van der Waals surface area contributed by atoms with Crippen molar-refractivity contribution in [3.05, 3.63) is 84.9 Å². The van der Waals surface area contributed by atoms with Crippen LogP contribution < -0.4 is 4.57 Å². The van der Waals surface area contributed by atoms with Crippen LogP contribution in [0.15, 0.2) is 79.3 Å². The molecule has 0 unspecified atom stereocenters.